The molecule has 0 fully saturated rings. The van der Waals surface area contributed by atoms with Crippen molar-refractivity contribution in [3.05, 3.63) is 77.9 Å². The van der Waals surface area contributed by atoms with Crippen molar-refractivity contribution in [2.24, 2.45) is 20.5 Å². The predicted molar refractivity (Wildman–Crippen MR) is 131 cm³/mol. The molecule has 9 nitrogen and oxygen atoms in total. The summed E-state index contributed by atoms with van der Waals surface area (Å²) in [4.78, 5) is -0.526. The lowest BCUT2D eigenvalue weighted by Crippen LogP contribution is -2.01. The highest BCUT2D eigenvalue weighted by Gasteiger charge is 2.23. The zero-order chi connectivity index (χ0) is 24.5. The van der Waals surface area contributed by atoms with E-state index < -0.39 is 15.0 Å². The third kappa shape index (κ3) is 4.77. The van der Waals surface area contributed by atoms with Crippen LogP contribution in [0.1, 0.15) is 11.1 Å². The summed E-state index contributed by atoms with van der Waals surface area (Å²) in [6.45, 7) is 3.86. The molecule has 4 aromatic rings. The van der Waals surface area contributed by atoms with E-state index in [9.17, 15) is 18.1 Å². The van der Waals surface area contributed by atoms with Crippen molar-refractivity contribution in [2.75, 3.05) is 5.73 Å². The second kappa shape index (κ2) is 9.00. The van der Waals surface area contributed by atoms with Gasteiger partial charge in [-0.05, 0) is 55.6 Å². The monoisotopic (exact) mass is 475 g/mol. The van der Waals surface area contributed by atoms with Gasteiger partial charge in [0.15, 0.2) is 5.75 Å². The summed E-state index contributed by atoms with van der Waals surface area (Å²) in [5.41, 5.74) is 9.02. The molecular weight excluding hydrogens is 454 g/mol. The lowest BCUT2D eigenvalue weighted by atomic mass is 10.1. The van der Waals surface area contributed by atoms with Crippen molar-refractivity contribution in [2.45, 2.75) is 18.7 Å². The second-order valence-corrected chi connectivity index (χ2v) is 9.10. The first-order chi connectivity index (χ1) is 16.1. The number of nitrogens with zero attached hydrogens (tertiary/aromatic N) is 4. The molecule has 0 aliphatic heterocycles. The highest BCUT2D eigenvalue weighted by atomic mass is 32.2. The summed E-state index contributed by atoms with van der Waals surface area (Å²) in [5.74, 6) is -0.306. The zero-order valence-electron chi connectivity index (χ0n) is 18.3. The van der Waals surface area contributed by atoms with E-state index in [0.717, 1.165) is 11.1 Å². The number of fused-ring (bicyclic) bond motifs is 1. The first-order valence-electron chi connectivity index (χ1n) is 10.2. The Balaban J connectivity index is 1.86. The van der Waals surface area contributed by atoms with Crippen molar-refractivity contribution in [1.82, 2.24) is 0 Å². The van der Waals surface area contributed by atoms with Crippen molar-refractivity contribution in [3.63, 3.8) is 0 Å². The number of anilines is 1. The van der Waals surface area contributed by atoms with Crippen LogP contribution < -0.4 is 5.73 Å². The molecule has 10 heteroatoms. The number of hydrogen-bond donors (Lipinski definition) is 3. The molecule has 4 N–H and O–H groups in total. The van der Waals surface area contributed by atoms with Crippen molar-refractivity contribution < 1.29 is 18.1 Å². The van der Waals surface area contributed by atoms with E-state index in [-0.39, 0.29) is 33.6 Å². The van der Waals surface area contributed by atoms with Crippen LogP contribution >= 0.6 is 0 Å². The minimum absolute atomic E-state index is 0.116. The Morgan fingerprint density at radius 1 is 0.765 bits per heavy atom. The minimum Gasteiger partial charge on any atom is -0.505 e. The van der Waals surface area contributed by atoms with E-state index in [1.54, 1.807) is 24.3 Å². The average molecular weight is 476 g/mol. The standard InChI is InChI=1S/C24H21N5O4S/c1-14-3-8-17(9-4-14)26-28-19-12-7-16-13-20(34(31,32)33)23(22(25)21(16)24(19)30)29-27-18-10-5-15(2)6-11-18/h3-13,30H,25H2,1-2H3,(H,31,32,33). The van der Waals surface area contributed by atoms with Gasteiger partial charge in [0.1, 0.15) is 16.3 Å². The van der Waals surface area contributed by atoms with Crippen LogP contribution in [-0.4, -0.2) is 18.1 Å². The normalized spacial score (nSPS) is 12.2. The molecule has 0 saturated carbocycles. The summed E-state index contributed by atoms with van der Waals surface area (Å²) in [7, 11) is -4.69. The molecule has 4 rings (SSSR count). The van der Waals surface area contributed by atoms with Crippen LogP contribution in [0.25, 0.3) is 10.8 Å². The molecule has 0 radical (unpaired) electrons. The summed E-state index contributed by atoms with van der Waals surface area (Å²) in [6.07, 6.45) is 0. The molecule has 4 aromatic carbocycles. The van der Waals surface area contributed by atoms with Gasteiger partial charge in [0, 0.05) is 0 Å². The third-order valence-electron chi connectivity index (χ3n) is 5.12. The van der Waals surface area contributed by atoms with Crippen LogP contribution in [0.5, 0.6) is 5.75 Å². The molecule has 0 aliphatic rings. The summed E-state index contributed by atoms with van der Waals surface area (Å²) in [6, 6.07) is 18.5. The highest BCUT2D eigenvalue weighted by Crippen LogP contribution is 2.45. The highest BCUT2D eigenvalue weighted by molar-refractivity contribution is 7.86. The lowest BCUT2D eigenvalue weighted by molar-refractivity contribution is 0.481. The Bertz CT molecular complexity index is 1550. The fourth-order valence-corrected chi connectivity index (χ4v) is 3.95. The Morgan fingerprint density at radius 2 is 1.29 bits per heavy atom. The van der Waals surface area contributed by atoms with E-state index >= 15 is 0 Å². The molecule has 0 amide bonds. The first-order valence-corrected chi connectivity index (χ1v) is 11.6. The number of phenolic OH excluding ortho intramolecular Hbond substituents is 1. The third-order valence-corrected chi connectivity index (χ3v) is 5.98. The van der Waals surface area contributed by atoms with Gasteiger partial charge < -0.3 is 10.8 Å². The number of phenols is 1. The maximum atomic E-state index is 12.0. The van der Waals surface area contributed by atoms with Gasteiger partial charge in [-0.15, -0.1) is 10.2 Å². The van der Waals surface area contributed by atoms with E-state index in [4.69, 9.17) is 5.73 Å². The van der Waals surface area contributed by atoms with Gasteiger partial charge in [0.05, 0.1) is 22.4 Å². The van der Waals surface area contributed by atoms with Gasteiger partial charge in [-0.25, -0.2) is 0 Å². The van der Waals surface area contributed by atoms with Crippen LogP contribution in [0.15, 0.2) is 92.1 Å². The van der Waals surface area contributed by atoms with Gasteiger partial charge in [0.25, 0.3) is 10.1 Å². The number of azo groups is 2. The summed E-state index contributed by atoms with van der Waals surface area (Å²) < 4.78 is 33.8. The number of nitrogen functional groups attached to an aromatic ring is 1. The van der Waals surface area contributed by atoms with Crippen LogP contribution in [0.4, 0.5) is 28.4 Å². The number of aryl methyl sites for hydroxylation is 2. The number of hydrogen-bond acceptors (Lipinski definition) is 8. The summed E-state index contributed by atoms with van der Waals surface area (Å²) in [5, 5.41) is 27.5. The van der Waals surface area contributed by atoms with E-state index in [2.05, 4.69) is 20.5 Å². The maximum Gasteiger partial charge on any atom is 0.296 e. The van der Waals surface area contributed by atoms with Crippen LogP contribution in [0, 0.1) is 13.8 Å². The molecule has 0 bridgehead atoms. The van der Waals surface area contributed by atoms with Crippen LogP contribution in [0.2, 0.25) is 0 Å². The number of nitrogens with two attached hydrogens (primary N) is 1. The minimum atomic E-state index is -4.69. The van der Waals surface area contributed by atoms with Gasteiger partial charge >= 0.3 is 0 Å². The molecule has 0 heterocycles. The first kappa shape index (κ1) is 23.0. The van der Waals surface area contributed by atoms with Gasteiger partial charge in [-0.1, -0.05) is 41.5 Å². The molecular formula is C24H21N5O4S. The summed E-state index contributed by atoms with van der Waals surface area (Å²) >= 11 is 0. The van der Waals surface area contributed by atoms with Crippen molar-refractivity contribution >= 4 is 49.3 Å². The Kier molecular flexibility index (Phi) is 6.10. The van der Waals surface area contributed by atoms with E-state index in [0.29, 0.717) is 11.4 Å². The second-order valence-electron chi connectivity index (χ2n) is 7.71. The van der Waals surface area contributed by atoms with Gasteiger partial charge in [-0.3, -0.25) is 4.55 Å². The Hall–Kier alpha value is -4.15. The Morgan fingerprint density at radius 3 is 1.82 bits per heavy atom. The zero-order valence-corrected chi connectivity index (χ0v) is 19.2. The van der Waals surface area contributed by atoms with Crippen molar-refractivity contribution in [1.29, 1.82) is 0 Å². The SMILES string of the molecule is Cc1ccc(N=Nc2ccc3cc(S(=O)(=O)O)c(N=Nc4ccc(C)cc4)c(N)c3c2O)cc1. The fourth-order valence-electron chi connectivity index (χ4n) is 3.28. The quantitative estimate of drug-likeness (QED) is 0.164. The number of aromatic hydroxyl groups is 1. The van der Waals surface area contributed by atoms with E-state index in [1.807, 2.05) is 38.1 Å². The van der Waals surface area contributed by atoms with E-state index in [1.165, 1.54) is 18.2 Å². The molecule has 172 valence electrons. The van der Waals surface area contributed by atoms with Gasteiger partial charge in [-0.2, -0.15) is 18.6 Å². The predicted octanol–water partition coefficient (Wildman–Crippen LogP) is 6.82. The largest absolute Gasteiger partial charge is 0.505 e. The molecule has 0 aromatic heterocycles. The topological polar surface area (TPSA) is 150 Å². The van der Waals surface area contributed by atoms with Crippen LogP contribution in [-0.2, 0) is 10.1 Å². The maximum absolute atomic E-state index is 12.0. The lowest BCUT2D eigenvalue weighted by Gasteiger charge is -2.12. The molecule has 0 unspecified atom stereocenters. The van der Waals surface area contributed by atoms with Gasteiger partial charge in [0.2, 0.25) is 0 Å². The van der Waals surface area contributed by atoms with Crippen LogP contribution in [0.3, 0.4) is 0 Å². The fraction of sp³-hybridized carbons (Fsp3) is 0.0833. The molecule has 0 spiro atoms. The molecule has 0 aliphatic carbocycles. The van der Waals surface area contributed by atoms with Crippen molar-refractivity contribution in [3.8, 4) is 5.75 Å². The number of rotatable bonds is 5. The number of benzene rings is 4. The average Bonchev–Trinajstić information content (AvgIpc) is 2.79. The molecule has 0 atom stereocenters. The Labute approximate surface area is 196 Å². The molecule has 34 heavy (non-hydrogen) atoms. The molecule has 0 saturated heterocycles. The smallest absolute Gasteiger partial charge is 0.296 e.